The predicted molar refractivity (Wildman–Crippen MR) is 75.3 cm³/mol. The molecular formula is C14H18N2O4. The number of hydrogen-bond acceptors (Lipinski definition) is 4. The van der Waals surface area contributed by atoms with Gasteiger partial charge in [-0.2, -0.15) is 0 Å². The van der Waals surface area contributed by atoms with Gasteiger partial charge in [0, 0.05) is 25.3 Å². The van der Waals surface area contributed by atoms with Crippen molar-refractivity contribution in [2.75, 3.05) is 18.5 Å². The van der Waals surface area contributed by atoms with Crippen LogP contribution in [-0.4, -0.2) is 29.6 Å². The van der Waals surface area contributed by atoms with E-state index in [-0.39, 0.29) is 11.3 Å². The maximum absolute atomic E-state index is 11.0. The summed E-state index contributed by atoms with van der Waals surface area (Å²) >= 11 is 0. The van der Waals surface area contributed by atoms with E-state index in [1.165, 1.54) is 37.8 Å². The standard InChI is InChI=1S/C14H18N2O4/c1-15(9-10-4-2-3-5-10)11-6-7-12(14(17)18)13(8-11)16(19)20/h6-8,10H,2-5,9H2,1H3,(H,17,18). The van der Waals surface area contributed by atoms with Gasteiger partial charge in [0.15, 0.2) is 0 Å². The molecule has 6 nitrogen and oxygen atoms in total. The second-order valence-electron chi connectivity index (χ2n) is 5.29. The number of carbonyl (C=O) groups is 1. The van der Waals surface area contributed by atoms with Crippen molar-refractivity contribution >= 4 is 17.3 Å². The van der Waals surface area contributed by atoms with Gasteiger partial charge in [-0.25, -0.2) is 4.79 Å². The van der Waals surface area contributed by atoms with Crippen LogP contribution in [-0.2, 0) is 0 Å². The number of rotatable bonds is 5. The van der Waals surface area contributed by atoms with Gasteiger partial charge in [0.1, 0.15) is 5.56 Å². The van der Waals surface area contributed by atoms with E-state index in [0.717, 1.165) is 6.54 Å². The first kappa shape index (κ1) is 14.3. The lowest BCUT2D eigenvalue weighted by molar-refractivity contribution is -0.385. The lowest BCUT2D eigenvalue weighted by Gasteiger charge is -2.23. The molecule has 1 aliphatic carbocycles. The third-order valence-electron chi connectivity index (χ3n) is 3.86. The minimum Gasteiger partial charge on any atom is -0.477 e. The smallest absolute Gasteiger partial charge is 0.342 e. The predicted octanol–water partition coefficient (Wildman–Crippen LogP) is 2.92. The van der Waals surface area contributed by atoms with Gasteiger partial charge < -0.3 is 10.0 Å². The molecule has 0 saturated heterocycles. The zero-order chi connectivity index (χ0) is 14.7. The van der Waals surface area contributed by atoms with Gasteiger partial charge in [0.2, 0.25) is 0 Å². The van der Waals surface area contributed by atoms with Gasteiger partial charge in [-0.1, -0.05) is 12.8 Å². The summed E-state index contributed by atoms with van der Waals surface area (Å²) in [4.78, 5) is 23.3. The average Bonchev–Trinajstić information content (AvgIpc) is 2.90. The number of nitro benzene ring substituents is 1. The second kappa shape index (κ2) is 5.90. The number of hydrogen-bond donors (Lipinski definition) is 1. The zero-order valence-corrected chi connectivity index (χ0v) is 11.4. The first-order valence-corrected chi connectivity index (χ1v) is 6.72. The van der Waals surface area contributed by atoms with E-state index >= 15 is 0 Å². The molecule has 1 aromatic rings. The van der Waals surface area contributed by atoms with E-state index in [4.69, 9.17) is 5.11 Å². The van der Waals surface area contributed by atoms with Gasteiger partial charge in [-0.15, -0.1) is 0 Å². The minimum atomic E-state index is -1.28. The average molecular weight is 278 g/mol. The normalized spacial score (nSPS) is 15.2. The lowest BCUT2D eigenvalue weighted by atomic mass is 10.1. The molecule has 1 saturated carbocycles. The van der Waals surface area contributed by atoms with Crippen LogP contribution in [0, 0.1) is 16.0 Å². The maximum atomic E-state index is 11.0. The molecule has 1 fully saturated rings. The highest BCUT2D eigenvalue weighted by Gasteiger charge is 2.22. The Morgan fingerprint density at radius 2 is 2.10 bits per heavy atom. The van der Waals surface area contributed by atoms with E-state index < -0.39 is 10.9 Å². The van der Waals surface area contributed by atoms with E-state index in [1.807, 2.05) is 11.9 Å². The Morgan fingerprint density at radius 3 is 2.65 bits per heavy atom. The summed E-state index contributed by atoms with van der Waals surface area (Å²) in [6.07, 6.45) is 4.88. The molecule has 108 valence electrons. The number of aromatic carboxylic acids is 1. The molecular weight excluding hydrogens is 260 g/mol. The van der Waals surface area contributed by atoms with E-state index in [0.29, 0.717) is 11.6 Å². The molecule has 0 spiro atoms. The maximum Gasteiger partial charge on any atom is 0.342 e. The van der Waals surface area contributed by atoms with E-state index in [1.54, 1.807) is 6.07 Å². The molecule has 1 aliphatic rings. The topological polar surface area (TPSA) is 83.7 Å². The number of carboxylic acids is 1. The van der Waals surface area contributed by atoms with E-state index in [9.17, 15) is 14.9 Å². The fraction of sp³-hybridized carbons (Fsp3) is 0.500. The molecule has 1 N–H and O–H groups in total. The van der Waals surface area contributed by atoms with Crippen LogP contribution in [0.4, 0.5) is 11.4 Å². The van der Waals surface area contributed by atoms with Crippen LogP contribution >= 0.6 is 0 Å². The first-order chi connectivity index (χ1) is 9.49. The van der Waals surface area contributed by atoms with Crippen LogP contribution in [0.1, 0.15) is 36.0 Å². The molecule has 0 aliphatic heterocycles. The van der Waals surface area contributed by atoms with Crippen LogP contribution in [0.25, 0.3) is 0 Å². The number of carboxylic acid groups (broad SMARTS) is 1. The molecule has 6 heteroatoms. The van der Waals surface area contributed by atoms with Crippen molar-refractivity contribution in [1.29, 1.82) is 0 Å². The lowest BCUT2D eigenvalue weighted by Crippen LogP contribution is -2.24. The van der Waals surface area contributed by atoms with Gasteiger partial charge in [-0.05, 0) is 30.9 Å². The van der Waals surface area contributed by atoms with Crippen LogP contribution in [0.15, 0.2) is 18.2 Å². The molecule has 1 aromatic carbocycles. The molecule has 0 atom stereocenters. The molecule has 0 bridgehead atoms. The molecule has 2 rings (SSSR count). The minimum absolute atomic E-state index is 0.270. The van der Waals surface area contributed by atoms with Crippen LogP contribution in [0.5, 0.6) is 0 Å². The van der Waals surface area contributed by atoms with Crippen LogP contribution in [0.3, 0.4) is 0 Å². The van der Waals surface area contributed by atoms with Crippen molar-refractivity contribution in [3.05, 3.63) is 33.9 Å². The molecule has 0 radical (unpaired) electrons. The van der Waals surface area contributed by atoms with Crippen molar-refractivity contribution in [3.8, 4) is 0 Å². The summed E-state index contributed by atoms with van der Waals surface area (Å²) in [5, 5.41) is 19.9. The Kier molecular flexibility index (Phi) is 4.22. The summed E-state index contributed by atoms with van der Waals surface area (Å²) in [6.45, 7) is 0.851. The Morgan fingerprint density at radius 1 is 1.45 bits per heavy atom. The highest BCUT2D eigenvalue weighted by molar-refractivity contribution is 5.93. The summed E-state index contributed by atoms with van der Waals surface area (Å²) in [5.74, 6) is -0.653. The molecule has 0 unspecified atom stereocenters. The molecule has 0 aromatic heterocycles. The highest BCUT2D eigenvalue weighted by Crippen LogP contribution is 2.29. The largest absolute Gasteiger partial charge is 0.477 e. The highest BCUT2D eigenvalue weighted by atomic mass is 16.6. The quantitative estimate of drug-likeness (QED) is 0.661. The molecule has 0 heterocycles. The van der Waals surface area contributed by atoms with Crippen molar-refractivity contribution in [2.24, 2.45) is 5.92 Å². The van der Waals surface area contributed by atoms with Crippen LogP contribution < -0.4 is 4.90 Å². The van der Waals surface area contributed by atoms with Crippen molar-refractivity contribution in [2.45, 2.75) is 25.7 Å². The van der Waals surface area contributed by atoms with Gasteiger partial charge in [-0.3, -0.25) is 10.1 Å². The van der Waals surface area contributed by atoms with Crippen molar-refractivity contribution < 1.29 is 14.8 Å². The molecule has 0 amide bonds. The summed E-state index contributed by atoms with van der Waals surface area (Å²) in [6, 6.07) is 4.28. The van der Waals surface area contributed by atoms with Crippen molar-refractivity contribution in [1.82, 2.24) is 0 Å². The Hall–Kier alpha value is -2.11. The molecule has 20 heavy (non-hydrogen) atoms. The fourth-order valence-electron chi connectivity index (χ4n) is 2.78. The first-order valence-electron chi connectivity index (χ1n) is 6.72. The third-order valence-corrected chi connectivity index (χ3v) is 3.86. The Balaban J connectivity index is 2.21. The monoisotopic (exact) mass is 278 g/mol. The van der Waals surface area contributed by atoms with Gasteiger partial charge >= 0.3 is 5.97 Å². The summed E-state index contributed by atoms with van der Waals surface area (Å²) in [7, 11) is 1.89. The van der Waals surface area contributed by atoms with Gasteiger partial charge in [0.25, 0.3) is 5.69 Å². The van der Waals surface area contributed by atoms with Crippen molar-refractivity contribution in [3.63, 3.8) is 0 Å². The van der Waals surface area contributed by atoms with E-state index in [2.05, 4.69) is 0 Å². The summed E-state index contributed by atoms with van der Waals surface area (Å²) in [5.41, 5.74) is 0.0647. The zero-order valence-electron chi connectivity index (χ0n) is 11.4. The Labute approximate surface area is 117 Å². The Bertz CT molecular complexity index is 524. The summed E-state index contributed by atoms with van der Waals surface area (Å²) < 4.78 is 0. The van der Waals surface area contributed by atoms with Crippen LogP contribution in [0.2, 0.25) is 0 Å². The number of nitrogens with zero attached hydrogens (tertiary/aromatic N) is 2. The number of anilines is 1. The second-order valence-corrected chi connectivity index (χ2v) is 5.29. The SMILES string of the molecule is CN(CC1CCCC1)c1ccc(C(=O)O)c([N+](=O)[O-])c1. The number of nitro groups is 1. The fourth-order valence-corrected chi connectivity index (χ4v) is 2.78. The third kappa shape index (κ3) is 3.07. The van der Waals surface area contributed by atoms with Gasteiger partial charge in [0.05, 0.1) is 4.92 Å². The number of benzene rings is 1.